The van der Waals surface area contributed by atoms with Gasteiger partial charge in [0.25, 0.3) is 0 Å². The van der Waals surface area contributed by atoms with Gasteiger partial charge in [-0.05, 0) is 73.0 Å². The largest absolute Gasteiger partial charge is 0.494 e. The number of hydrogen-bond acceptors (Lipinski definition) is 5. The molecule has 0 spiro atoms. The molecule has 5 rings (SSSR count). The second kappa shape index (κ2) is 16.0. The summed E-state index contributed by atoms with van der Waals surface area (Å²) in [6.45, 7) is 2.86. The SMILES string of the molecule is C[C@@](Cc1ccc(OCCCN(Cc2ccccc2)C(=O)Nc2cccc(Oc3ccccc3)c2)cc1)(Oc1ccccc1)C(=O)O. The van der Waals surface area contributed by atoms with E-state index in [-0.39, 0.29) is 12.5 Å². The van der Waals surface area contributed by atoms with Crippen LogP contribution in [0.4, 0.5) is 10.5 Å². The number of carboxylic acids is 1. The second-order valence-corrected chi connectivity index (χ2v) is 11.3. The Labute approximate surface area is 275 Å². The highest BCUT2D eigenvalue weighted by Crippen LogP contribution is 2.26. The zero-order valence-electron chi connectivity index (χ0n) is 26.3. The molecule has 0 radical (unpaired) electrons. The molecule has 0 aromatic heterocycles. The van der Waals surface area contributed by atoms with E-state index in [0.29, 0.717) is 54.8 Å². The van der Waals surface area contributed by atoms with Crippen LogP contribution < -0.4 is 19.5 Å². The molecule has 0 aliphatic rings. The summed E-state index contributed by atoms with van der Waals surface area (Å²) in [6, 6.07) is 42.7. The number of carbonyl (C=O) groups excluding carboxylic acids is 1. The number of rotatable bonds is 15. The van der Waals surface area contributed by atoms with Crippen molar-refractivity contribution in [3.63, 3.8) is 0 Å². The van der Waals surface area contributed by atoms with Crippen LogP contribution in [0.2, 0.25) is 0 Å². The van der Waals surface area contributed by atoms with Crippen LogP contribution in [0.5, 0.6) is 23.0 Å². The van der Waals surface area contributed by atoms with Crippen LogP contribution in [0.1, 0.15) is 24.5 Å². The summed E-state index contributed by atoms with van der Waals surface area (Å²) in [4.78, 5) is 27.3. The fourth-order valence-corrected chi connectivity index (χ4v) is 4.96. The summed E-state index contributed by atoms with van der Waals surface area (Å²) in [5.74, 6) is 1.45. The van der Waals surface area contributed by atoms with Gasteiger partial charge in [-0.3, -0.25) is 0 Å². The number of ether oxygens (including phenoxy) is 3. The first-order valence-corrected chi connectivity index (χ1v) is 15.5. The van der Waals surface area contributed by atoms with E-state index in [2.05, 4.69) is 5.32 Å². The number of aliphatic carboxylic acids is 1. The maximum Gasteiger partial charge on any atom is 0.348 e. The fourth-order valence-electron chi connectivity index (χ4n) is 4.96. The minimum atomic E-state index is -1.43. The van der Waals surface area contributed by atoms with Crippen LogP contribution in [-0.4, -0.2) is 40.8 Å². The number of anilines is 1. The molecule has 8 nitrogen and oxygen atoms in total. The third-order valence-corrected chi connectivity index (χ3v) is 7.41. The van der Waals surface area contributed by atoms with Crippen molar-refractivity contribution in [3.8, 4) is 23.0 Å². The lowest BCUT2D eigenvalue weighted by atomic mass is 9.96. The van der Waals surface area contributed by atoms with Gasteiger partial charge in [-0.2, -0.15) is 0 Å². The Balaban J connectivity index is 1.16. The summed E-state index contributed by atoms with van der Waals surface area (Å²) in [5, 5.41) is 12.9. The fraction of sp³-hybridized carbons (Fsp3) is 0.179. The van der Waals surface area contributed by atoms with Gasteiger partial charge in [-0.15, -0.1) is 0 Å². The predicted octanol–water partition coefficient (Wildman–Crippen LogP) is 8.45. The average molecular weight is 631 g/mol. The van der Waals surface area contributed by atoms with E-state index in [1.54, 1.807) is 42.2 Å². The van der Waals surface area contributed by atoms with Crippen molar-refractivity contribution in [3.05, 3.63) is 151 Å². The van der Waals surface area contributed by atoms with E-state index in [1.165, 1.54) is 0 Å². The molecular weight excluding hydrogens is 592 g/mol. The normalized spacial score (nSPS) is 11.9. The van der Waals surface area contributed by atoms with E-state index < -0.39 is 11.6 Å². The summed E-state index contributed by atoms with van der Waals surface area (Å²) in [6.07, 6.45) is 0.781. The topological polar surface area (TPSA) is 97.3 Å². The minimum Gasteiger partial charge on any atom is -0.494 e. The highest BCUT2D eigenvalue weighted by atomic mass is 16.5. The number of para-hydroxylation sites is 2. The maximum absolute atomic E-state index is 13.4. The Morgan fingerprint density at radius 3 is 1.98 bits per heavy atom. The van der Waals surface area contributed by atoms with Crippen molar-refractivity contribution < 1.29 is 28.9 Å². The van der Waals surface area contributed by atoms with Gasteiger partial charge >= 0.3 is 12.0 Å². The molecule has 0 heterocycles. The van der Waals surface area contributed by atoms with E-state index in [1.807, 2.05) is 109 Å². The quantitative estimate of drug-likeness (QED) is 0.113. The van der Waals surface area contributed by atoms with Gasteiger partial charge in [-0.25, -0.2) is 9.59 Å². The number of amides is 2. The van der Waals surface area contributed by atoms with Gasteiger partial charge in [0.2, 0.25) is 5.60 Å². The molecule has 0 aliphatic heterocycles. The molecule has 0 aliphatic carbocycles. The van der Waals surface area contributed by atoms with Gasteiger partial charge in [0, 0.05) is 31.3 Å². The summed E-state index contributed by atoms with van der Waals surface area (Å²) in [5.41, 5.74) is 1.03. The van der Waals surface area contributed by atoms with Gasteiger partial charge in [0.1, 0.15) is 23.0 Å². The molecule has 2 N–H and O–H groups in total. The third kappa shape index (κ3) is 9.86. The van der Waals surface area contributed by atoms with Gasteiger partial charge in [0.15, 0.2) is 0 Å². The summed E-state index contributed by atoms with van der Waals surface area (Å²) in [7, 11) is 0. The molecule has 1 atom stereocenters. The highest BCUT2D eigenvalue weighted by Gasteiger charge is 2.36. The van der Waals surface area contributed by atoms with Crippen molar-refractivity contribution >= 4 is 17.7 Å². The lowest BCUT2D eigenvalue weighted by molar-refractivity contribution is -0.153. The van der Waals surface area contributed by atoms with E-state index >= 15 is 0 Å². The van der Waals surface area contributed by atoms with Crippen LogP contribution in [0.3, 0.4) is 0 Å². The van der Waals surface area contributed by atoms with E-state index in [4.69, 9.17) is 14.2 Å². The Kier molecular flexibility index (Phi) is 11.1. The number of urea groups is 1. The standard InChI is InChI=1S/C39H38N2O6/c1-39(37(42)43,47-35-18-9-4-10-19-35)28-30-21-23-33(24-22-30)45-26-12-25-41(29-31-13-5-2-6-14-31)38(44)40-32-15-11-20-36(27-32)46-34-16-7-3-8-17-34/h2-11,13-24,27H,12,25-26,28-29H2,1H3,(H,40,44)(H,42,43)/t39-/m0/s1. The second-order valence-electron chi connectivity index (χ2n) is 11.3. The van der Waals surface area contributed by atoms with Crippen molar-refractivity contribution in [2.75, 3.05) is 18.5 Å². The first-order valence-electron chi connectivity index (χ1n) is 15.5. The van der Waals surface area contributed by atoms with Gasteiger partial charge in [0.05, 0.1) is 6.61 Å². The van der Waals surface area contributed by atoms with Crippen LogP contribution in [-0.2, 0) is 17.8 Å². The van der Waals surface area contributed by atoms with Gasteiger partial charge < -0.3 is 29.5 Å². The van der Waals surface area contributed by atoms with Crippen LogP contribution >= 0.6 is 0 Å². The molecule has 0 fully saturated rings. The molecule has 0 saturated heterocycles. The number of nitrogens with zero attached hydrogens (tertiary/aromatic N) is 1. The lowest BCUT2D eigenvalue weighted by Crippen LogP contribution is -2.43. The molecule has 8 heteroatoms. The first-order chi connectivity index (χ1) is 22.9. The minimum absolute atomic E-state index is 0.183. The molecule has 5 aromatic carbocycles. The predicted molar refractivity (Wildman–Crippen MR) is 182 cm³/mol. The summed E-state index contributed by atoms with van der Waals surface area (Å²) < 4.78 is 17.8. The van der Waals surface area contributed by atoms with Crippen molar-refractivity contribution in [1.29, 1.82) is 0 Å². The smallest absolute Gasteiger partial charge is 0.348 e. The molecule has 240 valence electrons. The van der Waals surface area contributed by atoms with E-state index in [9.17, 15) is 14.7 Å². The van der Waals surface area contributed by atoms with Crippen LogP contribution in [0.15, 0.2) is 140 Å². The zero-order valence-corrected chi connectivity index (χ0v) is 26.3. The Hall–Kier alpha value is -5.76. The number of nitrogens with one attached hydrogen (secondary N) is 1. The molecule has 0 bridgehead atoms. The highest BCUT2D eigenvalue weighted by molar-refractivity contribution is 5.89. The van der Waals surface area contributed by atoms with Crippen LogP contribution in [0.25, 0.3) is 0 Å². The molecular formula is C39H38N2O6. The Bertz CT molecular complexity index is 1720. The van der Waals surface area contributed by atoms with Crippen molar-refractivity contribution in [1.82, 2.24) is 4.90 Å². The van der Waals surface area contributed by atoms with Gasteiger partial charge in [-0.1, -0.05) is 84.9 Å². The number of benzene rings is 5. The molecule has 47 heavy (non-hydrogen) atoms. The monoisotopic (exact) mass is 630 g/mol. The third-order valence-electron chi connectivity index (χ3n) is 7.41. The van der Waals surface area contributed by atoms with Crippen LogP contribution in [0, 0.1) is 0 Å². The molecule has 2 amide bonds. The zero-order chi connectivity index (χ0) is 32.9. The Morgan fingerprint density at radius 1 is 0.702 bits per heavy atom. The van der Waals surface area contributed by atoms with Crippen molar-refractivity contribution in [2.24, 2.45) is 0 Å². The number of carbonyl (C=O) groups is 2. The first kappa shape index (κ1) is 32.6. The average Bonchev–Trinajstić information content (AvgIpc) is 3.08. The summed E-state index contributed by atoms with van der Waals surface area (Å²) >= 11 is 0. The number of hydrogen-bond donors (Lipinski definition) is 2. The lowest BCUT2D eigenvalue weighted by Gasteiger charge is -2.26. The van der Waals surface area contributed by atoms with Crippen molar-refractivity contribution in [2.45, 2.75) is 31.9 Å². The Morgan fingerprint density at radius 2 is 1.32 bits per heavy atom. The molecule has 0 saturated carbocycles. The van der Waals surface area contributed by atoms with E-state index in [0.717, 1.165) is 11.1 Å². The molecule has 5 aromatic rings. The number of carboxylic acid groups (broad SMARTS) is 1. The maximum atomic E-state index is 13.4. The molecule has 0 unspecified atom stereocenters.